The van der Waals surface area contributed by atoms with E-state index in [1.165, 1.54) is 0 Å². The van der Waals surface area contributed by atoms with Crippen molar-refractivity contribution in [2.24, 2.45) is 0 Å². The molecule has 0 saturated heterocycles. The van der Waals surface area contributed by atoms with Gasteiger partial charge in [0.05, 0.1) is 16.8 Å². The molecule has 1 heterocycles. The van der Waals surface area contributed by atoms with Crippen LogP contribution in [0.25, 0.3) is 22.2 Å². The lowest BCUT2D eigenvalue weighted by atomic mass is 10.0. The van der Waals surface area contributed by atoms with Crippen molar-refractivity contribution in [3.63, 3.8) is 0 Å². The van der Waals surface area contributed by atoms with Gasteiger partial charge in [0.1, 0.15) is 0 Å². The Bertz CT molecular complexity index is 1260. The van der Waals surface area contributed by atoms with Crippen molar-refractivity contribution in [2.75, 3.05) is 0 Å². The zero-order valence-electron chi connectivity index (χ0n) is 17.8. The largest absolute Gasteiger partial charge is 0.451 e. The average molecular weight is 409 g/mol. The first-order valence-electron chi connectivity index (χ1n) is 10.2. The van der Waals surface area contributed by atoms with Gasteiger partial charge in [-0.15, -0.1) is 0 Å². The number of rotatable bonds is 5. The summed E-state index contributed by atoms with van der Waals surface area (Å²) in [7, 11) is 0. The fourth-order valence-electron chi connectivity index (χ4n) is 3.50. The van der Waals surface area contributed by atoms with Crippen LogP contribution in [0.5, 0.6) is 0 Å². The molecule has 4 heteroatoms. The Morgan fingerprint density at radius 1 is 0.839 bits per heavy atom. The van der Waals surface area contributed by atoms with E-state index in [4.69, 9.17) is 9.72 Å². The van der Waals surface area contributed by atoms with Crippen LogP contribution in [0.4, 0.5) is 0 Å². The number of hydrogen-bond acceptors (Lipinski definition) is 4. The first-order valence-corrected chi connectivity index (χ1v) is 10.2. The Balaban J connectivity index is 1.70. The zero-order valence-corrected chi connectivity index (χ0v) is 17.8. The molecular weight excluding hydrogens is 386 g/mol. The van der Waals surface area contributed by atoms with Gasteiger partial charge >= 0.3 is 5.97 Å². The van der Waals surface area contributed by atoms with E-state index in [-0.39, 0.29) is 5.78 Å². The highest BCUT2D eigenvalue weighted by Crippen LogP contribution is 2.26. The Morgan fingerprint density at radius 2 is 1.52 bits per heavy atom. The van der Waals surface area contributed by atoms with Crippen LogP contribution in [-0.2, 0) is 4.74 Å². The quantitative estimate of drug-likeness (QED) is 0.302. The van der Waals surface area contributed by atoms with Crippen LogP contribution >= 0.6 is 0 Å². The lowest BCUT2D eigenvalue weighted by Gasteiger charge is -2.15. The summed E-state index contributed by atoms with van der Waals surface area (Å²) in [6, 6.07) is 24.4. The van der Waals surface area contributed by atoms with Gasteiger partial charge in [-0.25, -0.2) is 9.78 Å². The summed E-state index contributed by atoms with van der Waals surface area (Å²) in [5.74, 6) is -0.769. The second-order valence-corrected chi connectivity index (χ2v) is 7.72. The molecule has 0 fully saturated rings. The Labute approximate surface area is 181 Å². The van der Waals surface area contributed by atoms with E-state index in [1.54, 1.807) is 25.1 Å². The highest BCUT2D eigenvalue weighted by Gasteiger charge is 2.22. The van der Waals surface area contributed by atoms with E-state index in [1.807, 2.05) is 74.5 Å². The number of hydrogen-bond donors (Lipinski definition) is 0. The summed E-state index contributed by atoms with van der Waals surface area (Å²) >= 11 is 0. The monoisotopic (exact) mass is 409 g/mol. The second-order valence-electron chi connectivity index (χ2n) is 7.72. The van der Waals surface area contributed by atoms with E-state index < -0.39 is 12.1 Å². The lowest BCUT2D eigenvalue weighted by Crippen LogP contribution is -2.24. The van der Waals surface area contributed by atoms with Crippen LogP contribution in [0.2, 0.25) is 0 Å². The fraction of sp³-hybridized carbons (Fsp3) is 0.148. The molecule has 0 saturated carbocycles. The van der Waals surface area contributed by atoms with Gasteiger partial charge in [0.15, 0.2) is 6.10 Å². The number of benzene rings is 3. The third-order valence-electron chi connectivity index (χ3n) is 5.24. The molecule has 0 bridgehead atoms. The van der Waals surface area contributed by atoms with E-state index in [9.17, 15) is 9.59 Å². The summed E-state index contributed by atoms with van der Waals surface area (Å²) in [5, 5.41) is 0.708. The molecule has 4 aromatic rings. The number of pyridine rings is 1. The van der Waals surface area contributed by atoms with Crippen LogP contribution in [0.3, 0.4) is 0 Å². The summed E-state index contributed by atoms with van der Waals surface area (Å²) in [6.45, 7) is 5.52. The van der Waals surface area contributed by atoms with Crippen LogP contribution in [0, 0.1) is 13.8 Å². The van der Waals surface area contributed by atoms with Crippen LogP contribution < -0.4 is 0 Å². The van der Waals surface area contributed by atoms with Gasteiger partial charge < -0.3 is 4.74 Å². The van der Waals surface area contributed by atoms with Gasteiger partial charge in [0, 0.05) is 16.5 Å². The van der Waals surface area contributed by atoms with Gasteiger partial charge in [-0.05, 0) is 39.0 Å². The van der Waals surface area contributed by atoms with Gasteiger partial charge in [-0.2, -0.15) is 0 Å². The number of esters is 1. The van der Waals surface area contributed by atoms with Crippen LogP contribution in [0.15, 0.2) is 78.9 Å². The molecule has 0 aliphatic heterocycles. The molecule has 3 aromatic carbocycles. The third-order valence-corrected chi connectivity index (χ3v) is 5.24. The molecule has 4 rings (SSSR count). The number of carbonyl (C=O) groups excluding carboxylic acids is 2. The smallest absolute Gasteiger partial charge is 0.339 e. The topological polar surface area (TPSA) is 56.3 Å². The average Bonchev–Trinajstić information content (AvgIpc) is 2.79. The molecule has 31 heavy (non-hydrogen) atoms. The van der Waals surface area contributed by atoms with Gasteiger partial charge in [-0.1, -0.05) is 71.8 Å². The maximum absolute atomic E-state index is 13.2. The first-order chi connectivity index (χ1) is 14.9. The van der Waals surface area contributed by atoms with Crippen LogP contribution in [0.1, 0.15) is 38.8 Å². The molecule has 0 N–H and O–H groups in total. The number of ether oxygens (including phenoxy) is 1. The van der Waals surface area contributed by atoms with Crippen molar-refractivity contribution in [3.8, 4) is 11.3 Å². The summed E-state index contributed by atoms with van der Waals surface area (Å²) < 4.78 is 5.61. The number of fused-ring (bicyclic) bond motifs is 1. The number of aryl methyl sites for hydroxylation is 2. The SMILES string of the molecule is Cc1ccc(C(=O)[C@H](C)OC(=O)c2cc(-c3ccccc3)nc3ccc(C)cc23)cc1. The lowest BCUT2D eigenvalue weighted by molar-refractivity contribution is 0.0320. The number of Topliss-reactive ketones (excluding diaryl/α,β-unsaturated/α-hetero) is 1. The normalized spacial score (nSPS) is 11.8. The van der Waals surface area contributed by atoms with Crippen molar-refractivity contribution < 1.29 is 14.3 Å². The molecule has 0 aliphatic rings. The van der Waals surface area contributed by atoms with Crippen molar-refractivity contribution in [1.29, 1.82) is 0 Å². The molecule has 0 spiro atoms. The van der Waals surface area contributed by atoms with Crippen molar-refractivity contribution in [3.05, 3.63) is 101 Å². The van der Waals surface area contributed by atoms with E-state index in [2.05, 4.69) is 0 Å². The molecule has 0 amide bonds. The minimum absolute atomic E-state index is 0.230. The molecule has 154 valence electrons. The maximum atomic E-state index is 13.2. The van der Waals surface area contributed by atoms with E-state index >= 15 is 0 Å². The minimum atomic E-state index is -0.900. The zero-order chi connectivity index (χ0) is 22.0. The number of carbonyl (C=O) groups is 2. The highest BCUT2D eigenvalue weighted by atomic mass is 16.5. The van der Waals surface area contributed by atoms with E-state index in [0.29, 0.717) is 27.7 Å². The van der Waals surface area contributed by atoms with Gasteiger partial charge in [0.2, 0.25) is 5.78 Å². The standard InChI is InChI=1S/C27H23NO3/c1-17-9-12-21(13-10-17)26(29)19(3)31-27(30)23-16-25(20-7-5-4-6-8-20)28-24-14-11-18(2)15-22(23)24/h4-16,19H,1-3H3/t19-/m0/s1. The van der Waals surface area contributed by atoms with E-state index in [0.717, 1.165) is 16.7 Å². The van der Waals surface area contributed by atoms with Crippen molar-refractivity contribution in [1.82, 2.24) is 4.98 Å². The molecule has 0 radical (unpaired) electrons. The number of nitrogens with zero attached hydrogens (tertiary/aromatic N) is 1. The molecule has 1 aromatic heterocycles. The van der Waals surface area contributed by atoms with Crippen LogP contribution in [-0.4, -0.2) is 22.8 Å². The first kappa shape index (κ1) is 20.5. The van der Waals surface area contributed by atoms with Crippen molar-refractivity contribution in [2.45, 2.75) is 26.9 Å². The summed E-state index contributed by atoms with van der Waals surface area (Å²) in [6.07, 6.45) is -0.900. The molecule has 0 aliphatic carbocycles. The Morgan fingerprint density at radius 3 is 2.23 bits per heavy atom. The summed E-state index contributed by atoms with van der Waals surface area (Å²) in [5.41, 5.74) is 5.29. The molecule has 4 nitrogen and oxygen atoms in total. The molecule has 1 atom stereocenters. The summed E-state index contributed by atoms with van der Waals surface area (Å²) in [4.78, 5) is 30.6. The third kappa shape index (κ3) is 4.38. The number of aromatic nitrogens is 1. The predicted molar refractivity (Wildman–Crippen MR) is 122 cm³/mol. The molecular formula is C27H23NO3. The number of ketones is 1. The maximum Gasteiger partial charge on any atom is 0.339 e. The Hall–Kier alpha value is -3.79. The van der Waals surface area contributed by atoms with Gasteiger partial charge in [0.25, 0.3) is 0 Å². The second kappa shape index (κ2) is 8.52. The van der Waals surface area contributed by atoms with Gasteiger partial charge in [-0.3, -0.25) is 4.79 Å². The minimum Gasteiger partial charge on any atom is -0.451 e. The fourth-order valence-corrected chi connectivity index (χ4v) is 3.50. The Kier molecular flexibility index (Phi) is 5.63. The van der Waals surface area contributed by atoms with Crippen molar-refractivity contribution >= 4 is 22.7 Å². The predicted octanol–water partition coefficient (Wildman–Crippen LogP) is 5.95. The highest BCUT2D eigenvalue weighted by molar-refractivity contribution is 6.07. The molecule has 0 unspecified atom stereocenters.